The van der Waals surface area contributed by atoms with Gasteiger partial charge in [-0.25, -0.2) is 4.98 Å². The lowest BCUT2D eigenvalue weighted by atomic mass is 10.2. The number of H-pyrrole nitrogens is 1. The van der Waals surface area contributed by atoms with Crippen LogP contribution in [0.3, 0.4) is 0 Å². The summed E-state index contributed by atoms with van der Waals surface area (Å²) < 4.78 is 1.14. The first kappa shape index (κ1) is 10.1. The highest BCUT2D eigenvalue weighted by atomic mass is 127. The molecule has 1 fully saturated rings. The molecule has 2 aromatic rings. The predicted molar refractivity (Wildman–Crippen MR) is 70.9 cm³/mol. The molecule has 3 rings (SSSR count). The van der Waals surface area contributed by atoms with Crippen LogP contribution in [0.15, 0.2) is 18.2 Å². The molecule has 0 aliphatic heterocycles. The first-order valence-electron chi connectivity index (χ1n) is 5.22. The topological polar surface area (TPSA) is 67.6 Å². The summed E-state index contributed by atoms with van der Waals surface area (Å²) in [5.41, 5.74) is 7.56. The van der Waals surface area contributed by atoms with Crippen molar-refractivity contribution in [3.63, 3.8) is 0 Å². The Morgan fingerprint density at radius 1 is 1.38 bits per heavy atom. The van der Waals surface area contributed by atoms with Crippen LogP contribution in [0.1, 0.15) is 24.6 Å². The van der Waals surface area contributed by atoms with Gasteiger partial charge in [0.1, 0.15) is 5.82 Å². The number of nitrogens with two attached hydrogens (primary N) is 1. The van der Waals surface area contributed by atoms with Crippen LogP contribution in [0.4, 0.5) is 5.69 Å². The first-order chi connectivity index (χ1) is 7.74. The number of hydrogen-bond acceptors (Lipinski definition) is 3. The number of nitrogens with zero attached hydrogens (tertiary/aromatic N) is 2. The van der Waals surface area contributed by atoms with E-state index in [0.717, 1.165) is 20.6 Å². The SMILES string of the molecule is Nc1ccc(I)cc1-c1n[nH]c(C2CC2)n1. The van der Waals surface area contributed by atoms with Crippen LogP contribution in [-0.4, -0.2) is 15.2 Å². The molecule has 16 heavy (non-hydrogen) atoms. The zero-order valence-corrected chi connectivity index (χ0v) is 10.7. The number of rotatable bonds is 2. The number of nitrogen functional groups attached to an aromatic ring is 1. The van der Waals surface area contributed by atoms with E-state index in [4.69, 9.17) is 5.73 Å². The Morgan fingerprint density at radius 2 is 2.19 bits per heavy atom. The molecule has 0 spiro atoms. The van der Waals surface area contributed by atoms with Crippen LogP contribution in [0.5, 0.6) is 0 Å². The molecular weight excluding hydrogens is 315 g/mol. The minimum absolute atomic E-state index is 0.588. The van der Waals surface area contributed by atoms with E-state index in [1.165, 1.54) is 12.8 Å². The van der Waals surface area contributed by atoms with Gasteiger partial charge in [-0.3, -0.25) is 5.10 Å². The summed E-state index contributed by atoms with van der Waals surface area (Å²) in [6, 6.07) is 5.88. The van der Waals surface area contributed by atoms with Gasteiger partial charge in [0.05, 0.1) is 0 Å². The van der Waals surface area contributed by atoms with E-state index in [1.807, 2.05) is 18.2 Å². The third-order valence-electron chi connectivity index (χ3n) is 2.72. The molecule has 4 nitrogen and oxygen atoms in total. The number of nitrogens with one attached hydrogen (secondary N) is 1. The smallest absolute Gasteiger partial charge is 0.183 e. The maximum Gasteiger partial charge on any atom is 0.183 e. The molecule has 1 aliphatic carbocycles. The fourth-order valence-corrected chi connectivity index (χ4v) is 2.15. The highest BCUT2D eigenvalue weighted by Gasteiger charge is 2.27. The van der Waals surface area contributed by atoms with E-state index in [-0.39, 0.29) is 0 Å². The molecule has 3 N–H and O–H groups in total. The van der Waals surface area contributed by atoms with Crippen molar-refractivity contribution in [1.29, 1.82) is 0 Å². The molecule has 0 unspecified atom stereocenters. The second kappa shape index (κ2) is 3.73. The Morgan fingerprint density at radius 3 is 2.94 bits per heavy atom. The van der Waals surface area contributed by atoms with Crippen molar-refractivity contribution < 1.29 is 0 Å². The number of aromatic nitrogens is 3. The van der Waals surface area contributed by atoms with Crippen LogP contribution < -0.4 is 5.73 Å². The number of halogens is 1. The molecule has 1 saturated carbocycles. The zero-order chi connectivity index (χ0) is 11.1. The molecule has 0 bridgehead atoms. The summed E-state index contributed by atoms with van der Waals surface area (Å²) in [5, 5.41) is 7.22. The van der Waals surface area contributed by atoms with Crippen LogP contribution in [-0.2, 0) is 0 Å². The number of hydrogen-bond donors (Lipinski definition) is 2. The average molecular weight is 326 g/mol. The summed E-state index contributed by atoms with van der Waals surface area (Å²) in [4.78, 5) is 4.49. The molecule has 0 saturated heterocycles. The molecule has 1 aromatic heterocycles. The monoisotopic (exact) mass is 326 g/mol. The second-order valence-electron chi connectivity index (χ2n) is 4.05. The van der Waals surface area contributed by atoms with E-state index in [9.17, 15) is 0 Å². The lowest BCUT2D eigenvalue weighted by molar-refractivity contribution is 0.935. The zero-order valence-electron chi connectivity index (χ0n) is 8.57. The molecule has 0 atom stereocenters. The summed E-state index contributed by atoms with van der Waals surface area (Å²) in [7, 11) is 0. The number of benzene rings is 1. The van der Waals surface area contributed by atoms with Crippen molar-refractivity contribution in [2.45, 2.75) is 18.8 Å². The summed E-state index contributed by atoms with van der Waals surface area (Å²) in [6.45, 7) is 0. The largest absolute Gasteiger partial charge is 0.398 e. The van der Waals surface area contributed by atoms with Gasteiger partial charge in [-0.1, -0.05) is 0 Å². The van der Waals surface area contributed by atoms with Crippen LogP contribution >= 0.6 is 22.6 Å². The van der Waals surface area contributed by atoms with E-state index < -0.39 is 0 Å². The lowest BCUT2D eigenvalue weighted by Gasteiger charge is -2.01. The van der Waals surface area contributed by atoms with Gasteiger partial charge in [0.25, 0.3) is 0 Å². The van der Waals surface area contributed by atoms with Gasteiger partial charge >= 0.3 is 0 Å². The molecule has 1 aromatic carbocycles. The quantitative estimate of drug-likeness (QED) is 0.658. The van der Waals surface area contributed by atoms with Crippen LogP contribution in [0.25, 0.3) is 11.4 Å². The van der Waals surface area contributed by atoms with E-state index in [2.05, 4.69) is 37.8 Å². The standard InChI is InChI=1S/C11H11IN4/c12-7-3-4-9(13)8(5-7)11-14-10(15-16-11)6-1-2-6/h3-6H,1-2,13H2,(H,14,15,16). The van der Waals surface area contributed by atoms with Crippen molar-refractivity contribution in [3.8, 4) is 11.4 Å². The highest BCUT2D eigenvalue weighted by Crippen LogP contribution is 2.38. The van der Waals surface area contributed by atoms with Gasteiger partial charge in [-0.05, 0) is 53.6 Å². The maximum atomic E-state index is 5.93. The van der Waals surface area contributed by atoms with Crippen molar-refractivity contribution in [2.75, 3.05) is 5.73 Å². The van der Waals surface area contributed by atoms with Crippen molar-refractivity contribution >= 4 is 28.3 Å². The molecule has 5 heteroatoms. The summed E-state index contributed by atoms with van der Waals surface area (Å²) in [6.07, 6.45) is 2.44. The molecule has 1 aliphatic rings. The molecule has 1 heterocycles. The number of aromatic amines is 1. The van der Waals surface area contributed by atoms with Crippen LogP contribution in [0.2, 0.25) is 0 Å². The maximum absolute atomic E-state index is 5.93. The Balaban J connectivity index is 2.03. The Kier molecular flexibility index (Phi) is 2.34. The van der Waals surface area contributed by atoms with Crippen molar-refractivity contribution in [1.82, 2.24) is 15.2 Å². The van der Waals surface area contributed by atoms with Gasteiger partial charge < -0.3 is 5.73 Å². The third kappa shape index (κ3) is 1.79. The van der Waals surface area contributed by atoms with E-state index in [0.29, 0.717) is 11.7 Å². The first-order valence-corrected chi connectivity index (χ1v) is 6.29. The molecule has 0 radical (unpaired) electrons. The molecule has 82 valence electrons. The average Bonchev–Trinajstić information content (AvgIpc) is 3.01. The Labute approximate surface area is 107 Å². The normalized spacial score (nSPS) is 15.3. The van der Waals surface area contributed by atoms with E-state index in [1.54, 1.807) is 0 Å². The predicted octanol–water partition coefficient (Wildman–Crippen LogP) is 2.54. The van der Waals surface area contributed by atoms with Gasteiger partial charge in [0.15, 0.2) is 5.82 Å². The van der Waals surface area contributed by atoms with Crippen molar-refractivity contribution in [3.05, 3.63) is 27.6 Å². The number of anilines is 1. The lowest BCUT2D eigenvalue weighted by Crippen LogP contribution is -1.92. The van der Waals surface area contributed by atoms with Gasteiger partial charge in [0.2, 0.25) is 0 Å². The molecular formula is C11H11IN4. The van der Waals surface area contributed by atoms with Gasteiger partial charge in [0, 0.05) is 20.7 Å². The fraction of sp³-hybridized carbons (Fsp3) is 0.273. The van der Waals surface area contributed by atoms with Gasteiger partial charge in [-0.15, -0.1) is 0 Å². The minimum atomic E-state index is 0.588. The van der Waals surface area contributed by atoms with Gasteiger partial charge in [-0.2, -0.15) is 5.10 Å². The summed E-state index contributed by atoms with van der Waals surface area (Å²) >= 11 is 2.26. The van der Waals surface area contributed by atoms with E-state index >= 15 is 0 Å². The minimum Gasteiger partial charge on any atom is -0.398 e. The molecule has 0 amide bonds. The Bertz CT molecular complexity index is 531. The van der Waals surface area contributed by atoms with Crippen molar-refractivity contribution in [2.24, 2.45) is 0 Å². The van der Waals surface area contributed by atoms with Crippen LogP contribution in [0, 0.1) is 3.57 Å². The Hall–Kier alpha value is -1.11. The third-order valence-corrected chi connectivity index (χ3v) is 3.39. The fourth-order valence-electron chi connectivity index (χ4n) is 1.66. The highest BCUT2D eigenvalue weighted by molar-refractivity contribution is 14.1. The second-order valence-corrected chi connectivity index (χ2v) is 5.30. The summed E-state index contributed by atoms with van der Waals surface area (Å²) in [5.74, 6) is 2.29.